The topological polar surface area (TPSA) is 21.3 Å². The summed E-state index contributed by atoms with van der Waals surface area (Å²) in [6.45, 7) is 3.43. The fourth-order valence-electron chi connectivity index (χ4n) is 1.61. The fourth-order valence-corrected chi connectivity index (χ4v) is 1.61. The molecule has 1 rings (SSSR count). The van der Waals surface area contributed by atoms with Crippen molar-refractivity contribution in [2.75, 3.05) is 13.7 Å². The third kappa shape index (κ3) is 3.11. The lowest BCUT2D eigenvalue weighted by atomic mass is 9.89. The Labute approximate surface area is 75.7 Å². The first kappa shape index (κ1) is 10.0. The maximum atomic E-state index is 5.20. The highest BCUT2D eigenvalue weighted by molar-refractivity contribution is 4.85. The molecule has 1 N–H and O–H groups in total. The molecule has 0 radical (unpaired) electrons. The predicted octanol–water partition coefficient (Wildman–Crippen LogP) is 1.94. The average Bonchev–Trinajstić information content (AvgIpc) is 2.01. The Morgan fingerprint density at radius 1 is 1.33 bits per heavy atom. The molecule has 0 amide bonds. The van der Waals surface area contributed by atoms with Crippen LogP contribution in [-0.4, -0.2) is 25.8 Å². The molecular weight excluding hydrogens is 150 g/mol. The van der Waals surface area contributed by atoms with Gasteiger partial charge in [-0.25, -0.2) is 0 Å². The van der Waals surface area contributed by atoms with Crippen molar-refractivity contribution >= 4 is 0 Å². The maximum Gasteiger partial charge on any atom is 0.0601 e. The van der Waals surface area contributed by atoms with Gasteiger partial charge in [0, 0.05) is 13.2 Å². The summed E-state index contributed by atoms with van der Waals surface area (Å²) >= 11 is 0. The van der Waals surface area contributed by atoms with E-state index in [-0.39, 0.29) is 0 Å². The molecule has 1 aliphatic rings. The van der Waals surface area contributed by atoms with Crippen LogP contribution in [0.15, 0.2) is 0 Å². The van der Waals surface area contributed by atoms with Crippen LogP contribution in [0.25, 0.3) is 0 Å². The number of methoxy groups -OCH3 is 1. The van der Waals surface area contributed by atoms with Crippen LogP contribution in [0.5, 0.6) is 0 Å². The lowest BCUT2D eigenvalue weighted by molar-refractivity contribution is 0.0175. The van der Waals surface area contributed by atoms with Crippen molar-refractivity contribution in [3.8, 4) is 0 Å². The molecule has 12 heavy (non-hydrogen) atoms. The zero-order valence-electron chi connectivity index (χ0n) is 8.31. The molecule has 0 spiro atoms. The van der Waals surface area contributed by atoms with Crippen molar-refractivity contribution in [1.82, 2.24) is 5.32 Å². The molecule has 0 aromatic rings. The number of nitrogens with one attached hydrogen (secondary N) is 1. The van der Waals surface area contributed by atoms with Crippen molar-refractivity contribution in [3.63, 3.8) is 0 Å². The van der Waals surface area contributed by atoms with Gasteiger partial charge >= 0.3 is 0 Å². The molecule has 1 aliphatic carbocycles. The zero-order chi connectivity index (χ0) is 8.81. The third-order valence-corrected chi connectivity index (χ3v) is 2.64. The molecule has 0 heterocycles. The van der Waals surface area contributed by atoms with E-state index in [1.54, 1.807) is 7.11 Å². The second kappa shape index (κ2) is 5.55. The van der Waals surface area contributed by atoms with Crippen LogP contribution in [0, 0.1) is 0 Å². The first-order chi connectivity index (χ1) is 5.86. The SMILES string of the molecule is CCCCCNC1CC(OC)C1. The van der Waals surface area contributed by atoms with Crippen LogP contribution in [0.3, 0.4) is 0 Å². The Kier molecular flexibility index (Phi) is 4.62. The molecule has 0 bridgehead atoms. The van der Waals surface area contributed by atoms with Crippen molar-refractivity contribution in [1.29, 1.82) is 0 Å². The molecule has 0 aromatic heterocycles. The quantitative estimate of drug-likeness (QED) is 0.617. The minimum Gasteiger partial charge on any atom is -0.381 e. The maximum absolute atomic E-state index is 5.20. The molecule has 1 saturated carbocycles. The Balaban J connectivity index is 1.83. The summed E-state index contributed by atoms with van der Waals surface area (Å²) < 4.78 is 5.20. The molecule has 1 fully saturated rings. The highest BCUT2D eigenvalue weighted by Crippen LogP contribution is 2.22. The highest BCUT2D eigenvalue weighted by Gasteiger charge is 2.27. The van der Waals surface area contributed by atoms with Gasteiger partial charge in [-0.2, -0.15) is 0 Å². The zero-order valence-corrected chi connectivity index (χ0v) is 8.31. The molecule has 2 nitrogen and oxygen atoms in total. The van der Waals surface area contributed by atoms with Gasteiger partial charge in [0.15, 0.2) is 0 Å². The van der Waals surface area contributed by atoms with E-state index < -0.39 is 0 Å². The standard InChI is InChI=1S/C10H21NO/c1-3-4-5-6-11-9-7-10(8-9)12-2/h9-11H,3-8H2,1-2H3. The third-order valence-electron chi connectivity index (χ3n) is 2.64. The lowest BCUT2D eigenvalue weighted by Crippen LogP contribution is -2.45. The average molecular weight is 171 g/mol. The van der Waals surface area contributed by atoms with E-state index in [0.717, 1.165) is 6.04 Å². The van der Waals surface area contributed by atoms with E-state index in [4.69, 9.17) is 4.74 Å². The van der Waals surface area contributed by atoms with Crippen LogP contribution < -0.4 is 5.32 Å². The molecule has 72 valence electrons. The fraction of sp³-hybridized carbons (Fsp3) is 1.00. The number of hydrogen-bond acceptors (Lipinski definition) is 2. The van der Waals surface area contributed by atoms with E-state index in [2.05, 4.69) is 12.2 Å². The van der Waals surface area contributed by atoms with Gasteiger partial charge < -0.3 is 10.1 Å². The molecule has 0 atom stereocenters. The second-order valence-electron chi connectivity index (χ2n) is 3.69. The van der Waals surface area contributed by atoms with E-state index in [1.807, 2.05) is 0 Å². The second-order valence-corrected chi connectivity index (χ2v) is 3.69. The van der Waals surface area contributed by atoms with E-state index in [9.17, 15) is 0 Å². The van der Waals surface area contributed by atoms with Gasteiger partial charge in [0.05, 0.1) is 6.10 Å². The number of ether oxygens (including phenoxy) is 1. The van der Waals surface area contributed by atoms with Gasteiger partial charge in [-0.15, -0.1) is 0 Å². The summed E-state index contributed by atoms with van der Waals surface area (Å²) in [4.78, 5) is 0. The van der Waals surface area contributed by atoms with Gasteiger partial charge in [-0.05, 0) is 25.8 Å². The van der Waals surface area contributed by atoms with Gasteiger partial charge in [0.2, 0.25) is 0 Å². The van der Waals surface area contributed by atoms with Gasteiger partial charge in [-0.3, -0.25) is 0 Å². The largest absolute Gasteiger partial charge is 0.381 e. The minimum atomic E-state index is 0.536. The van der Waals surface area contributed by atoms with Crippen LogP contribution in [0.1, 0.15) is 39.0 Å². The number of unbranched alkanes of at least 4 members (excludes halogenated alkanes) is 2. The van der Waals surface area contributed by atoms with Crippen LogP contribution in [0.2, 0.25) is 0 Å². The monoisotopic (exact) mass is 171 g/mol. The van der Waals surface area contributed by atoms with Crippen molar-refractivity contribution in [3.05, 3.63) is 0 Å². The smallest absolute Gasteiger partial charge is 0.0601 e. The van der Waals surface area contributed by atoms with Crippen molar-refractivity contribution in [2.24, 2.45) is 0 Å². The van der Waals surface area contributed by atoms with Gasteiger partial charge in [-0.1, -0.05) is 19.8 Å². The van der Waals surface area contributed by atoms with E-state index >= 15 is 0 Å². The Hall–Kier alpha value is -0.0800. The van der Waals surface area contributed by atoms with Crippen molar-refractivity contribution < 1.29 is 4.74 Å². The van der Waals surface area contributed by atoms with Crippen LogP contribution in [0.4, 0.5) is 0 Å². The minimum absolute atomic E-state index is 0.536. The molecule has 0 aliphatic heterocycles. The molecule has 0 saturated heterocycles. The molecule has 0 aromatic carbocycles. The first-order valence-corrected chi connectivity index (χ1v) is 5.13. The molecule has 0 unspecified atom stereocenters. The van der Waals surface area contributed by atoms with Gasteiger partial charge in [0.1, 0.15) is 0 Å². The van der Waals surface area contributed by atoms with E-state index in [1.165, 1.54) is 38.6 Å². The molecule has 2 heteroatoms. The Morgan fingerprint density at radius 2 is 2.08 bits per heavy atom. The summed E-state index contributed by atoms with van der Waals surface area (Å²) in [5, 5.41) is 3.54. The van der Waals surface area contributed by atoms with Crippen molar-refractivity contribution in [2.45, 2.75) is 51.2 Å². The summed E-state index contributed by atoms with van der Waals surface area (Å²) in [5.74, 6) is 0. The number of rotatable bonds is 6. The molecular formula is C10H21NO. The van der Waals surface area contributed by atoms with E-state index in [0.29, 0.717) is 6.10 Å². The summed E-state index contributed by atoms with van der Waals surface area (Å²) in [6, 6.07) is 0.742. The number of hydrogen-bond donors (Lipinski definition) is 1. The Bertz CT molecular complexity index is 110. The summed E-state index contributed by atoms with van der Waals surface area (Å²) in [5.41, 5.74) is 0. The lowest BCUT2D eigenvalue weighted by Gasteiger charge is -2.34. The van der Waals surface area contributed by atoms with Crippen LogP contribution in [-0.2, 0) is 4.74 Å². The van der Waals surface area contributed by atoms with Gasteiger partial charge in [0.25, 0.3) is 0 Å². The first-order valence-electron chi connectivity index (χ1n) is 5.13. The summed E-state index contributed by atoms with van der Waals surface area (Å²) in [6.07, 6.45) is 6.95. The highest BCUT2D eigenvalue weighted by atomic mass is 16.5. The predicted molar refractivity (Wildman–Crippen MR) is 51.3 cm³/mol. The normalized spacial score (nSPS) is 28.5. The summed E-state index contributed by atoms with van der Waals surface area (Å²) in [7, 11) is 1.80. The van der Waals surface area contributed by atoms with Crippen LogP contribution >= 0.6 is 0 Å². The Morgan fingerprint density at radius 3 is 2.67 bits per heavy atom.